The van der Waals surface area contributed by atoms with Gasteiger partial charge in [-0.15, -0.1) is 0 Å². The molecule has 4 aliphatic carbocycles. The third-order valence-electron chi connectivity index (χ3n) is 17.7. The predicted molar refractivity (Wildman–Crippen MR) is 214 cm³/mol. The number of aliphatic hydroxyl groups is 9. The highest BCUT2D eigenvalue weighted by atomic mass is 16.8. The van der Waals surface area contributed by atoms with Crippen molar-refractivity contribution in [3.05, 3.63) is 11.6 Å². The summed E-state index contributed by atoms with van der Waals surface area (Å²) in [7, 11) is 0. The zero-order chi connectivity index (χ0) is 44.2. The van der Waals surface area contributed by atoms with Gasteiger partial charge in [0.1, 0.15) is 67.1 Å². The normalized spacial score (nSPS) is 57.6. The summed E-state index contributed by atoms with van der Waals surface area (Å²) in [5, 5.41) is 95.8. The number of rotatable bonds is 8. The molecular weight excluding hydrogens is 812 g/mol. The van der Waals surface area contributed by atoms with Gasteiger partial charge in [0.25, 0.3) is 0 Å². The molecule has 9 aliphatic rings. The molecule has 0 aromatic rings. The van der Waals surface area contributed by atoms with E-state index < -0.39 is 117 Å². The minimum Gasteiger partial charge on any atom is -0.394 e. The largest absolute Gasteiger partial charge is 0.394 e. The lowest BCUT2D eigenvalue weighted by Gasteiger charge is -2.59. The first-order chi connectivity index (χ1) is 29.4. The minimum atomic E-state index is -1.84. The van der Waals surface area contributed by atoms with Crippen LogP contribution in [-0.2, 0) is 37.9 Å². The van der Waals surface area contributed by atoms with Crippen molar-refractivity contribution in [1.29, 1.82) is 0 Å². The summed E-state index contributed by atoms with van der Waals surface area (Å²) in [6.45, 7) is 10.4. The molecular formula is C45H72O17. The maximum absolute atomic E-state index is 11.6. The van der Waals surface area contributed by atoms with Crippen molar-refractivity contribution < 1.29 is 83.9 Å². The van der Waals surface area contributed by atoms with E-state index in [-0.39, 0.29) is 16.9 Å². The number of hydrogen-bond donors (Lipinski definition) is 9. The third-order valence-corrected chi connectivity index (χ3v) is 17.7. The molecule has 26 atom stereocenters. The molecule has 0 bridgehead atoms. The van der Waals surface area contributed by atoms with Gasteiger partial charge in [0.2, 0.25) is 0 Å². The minimum absolute atomic E-state index is 0.0484. The Bertz CT molecular complexity index is 1610. The Morgan fingerprint density at radius 3 is 2.03 bits per heavy atom. The van der Waals surface area contributed by atoms with Crippen LogP contribution in [0.1, 0.15) is 92.4 Å². The topological polar surface area (TPSA) is 256 Å². The molecule has 17 nitrogen and oxygen atoms in total. The molecule has 8 fully saturated rings. The van der Waals surface area contributed by atoms with Gasteiger partial charge in [-0.25, -0.2) is 0 Å². The van der Waals surface area contributed by atoms with E-state index in [4.69, 9.17) is 37.9 Å². The summed E-state index contributed by atoms with van der Waals surface area (Å²) in [6.07, 6.45) is -12.4. The molecule has 9 rings (SSSR count). The van der Waals surface area contributed by atoms with E-state index in [1.54, 1.807) is 0 Å². The van der Waals surface area contributed by atoms with Gasteiger partial charge in [-0.3, -0.25) is 0 Å². The highest BCUT2D eigenvalue weighted by molar-refractivity contribution is 5.26. The van der Waals surface area contributed by atoms with Crippen LogP contribution in [0.3, 0.4) is 0 Å². The highest BCUT2D eigenvalue weighted by Gasteiger charge is 2.69. The summed E-state index contributed by atoms with van der Waals surface area (Å²) in [5.74, 6) is 2.52. The van der Waals surface area contributed by atoms with Crippen molar-refractivity contribution in [2.24, 2.45) is 46.3 Å². The molecule has 4 unspecified atom stereocenters. The molecule has 5 aliphatic heterocycles. The number of fused-ring (bicyclic) bond motifs is 7. The summed E-state index contributed by atoms with van der Waals surface area (Å²) in [5.41, 5.74) is 1.45. The lowest BCUT2D eigenvalue weighted by Crippen LogP contribution is -2.67. The van der Waals surface area contributed by atoms with Gasteiger partial charge < -0.3 is 83.9 Å². The summed E-state index contributed by atoms with van der Waals surface area (Å²) >= 11 is 0. The molecule has 0 aromatic carbocycles. The first-order valence-corrected chi connectivity index (χ1v) is 23.4. The van der Waals surface area contributed by atoms with Crippen molar-refractivity contribution in [3.63, 3.8) is 0 Å². The van der Waals surface area contributed by atoms with Crippen molar-refractivity contribution in [2.75, 3.05) is 19.8 Å². The second-order valence-corrected chi connectivity index (χ2v) is 21.1. The van der Waals surface area contributed by atoms with E-state index in [2.05, 4.69) is 33.8 Å². The molecule has 354 valence electrons. The Labute approximate surface area is 363 Å². The standard InChI is InChI=1S/C45H72O17/c1-19-8-13-45(55-18-19)20(2)30-27(62-45)15-26-24-7-6-22-14-23(9-11-43(22,4)25(24)10-12-44(26,30)5)57-42-39(61-40-36(53)34(51)31(48)21(3)56-40)38(33(50)29(17-47)59-42)60-41-37(54)35(52)32(49)28(16-46)58-41/h6,19-21,23-42,46-54H,7-18H2,1-5H3/t19-,20-,21-,23-,24?,25?,26?,27?,28+,29+,30-,31-,32+,33+,34+,35-,36+,37+,38-,39+,40-,41-,42+,43-,44-,45+/m0/s1. The first kappa shape index (κ1) is 46.2. The lowest BCUT2D eigenvalue weighted by atomic mass is 9.47. The molecule has 5 saturated heterocycles. The van der Waals surface area contributed by atoms with Crippen LogP contribution >= 0.6 is 0 Å². The summed E-state index contributed by atoms with van der Waals surface area (Å²) in [4.78, 5) is 0. The number of aliphatic hydroxyl groups excluding tert-OH is 9. The van der Waals surface area contributed by atoms with E-state index in [9.17, 15) is 46.0 Å². The van der Waals surface area contributed by atoms with Crippen LogP contribution in [0.5, 0.6) is 0 Å². The van der Waals surface area contributed by atoms with Gasteiger partial charge in [0.15, 0.2) is 24.7 Å². The second kappa shape index (κ2) is 17.3. The SMILES string of the molecule is C[C@H]1CC[C@@]2(OC1)OC1CC3C4CC=C5C[C@@H](O[C@@H]6O[C@H](CO)[C@@H](O)[C@H](O[C@@H]7O[C@H](CO)[C@@H](O)[C@H](O)[C@H]7O)[C@H]6O[C@@H]6O[C@@H](C)[C@H](O)[C@@H](O)[C@H]6O)CC[C@]5(C)C4CC[C@]3(C)[C@H]1[C@@H]2C. The van der Waals surface area contributed by atoms with E-state index in [1.807, 2.05) is 0 Å². The molecule has 17 heteroatoms. The molecule has 1 spiro atoms. The predicted octanol–water partition coefficient (Wildman–Crippen LogP) is 0.214. The highest BCUT2D eigenvalue weighted by Crippen LogP contribution is 2.70. The van der Waals surface area contributed by atoms with Gasteiger partial charge >= 0.3 is 0 Å². The lowest BCUT2D eigenvalue weighted by molar-refractivity contribution is -0.394. The number of hydrogen-bond acceptors (Lipinski definition) is 17. The quantitative estimate of drug-likeness (QED) is 0.148. The Morgan fingerprint density at radius 2 is 1.34 bits per heavy atom. The fourth-order valence-electron chi connectivity index (χ4n) is 14.0. The van der Waals surface area contributed by atoms with Crippen LogP contribution in [0, 0.1) is 46.3 Å². The van der Waals surface area contributed by atoms with Gasteiger partial charge in [-0.05, 0) is 98.7 Å². The van der Waals surface area contributed by atoms with E-state index in [0.29, 0.717) is 48.3 Å². The first-order valence-electron chi connectivity index (χ1n) is 23.4. The van der Waals surface area contributed by atoms with Crippen molar-refractivity contribution in [1.82, 2.24) is 0 Å². The average Bonchev–Trinajstić information content (AvgIpc) is 3.70. The van der Waals surface area contributed by atoms with Crippen molar-refractivity contribution >= 4 is 0 Å². The Hall–Kier alpha value is -0.940. The van der Waals surface area contributed by atoms with Gasteiger partial charge in [-0.2, -0.15) is 0 Å². The van der Waals surface area contributed by atoms with Crippen LogP contribution < -0.4 is 0 Å². The molecule has 0 radical (unpaired) electrons. The maximum Gasteiger partial charge on any atom is 0.187 e. The van der Waals surface area contributed by atoms with E-state index in [1.165, 1.54) is 12.5 Å². The monoisotopic (exact) mass is 884 g/mol. The average molecular weight is 885 g/mol. The number of ether oxygens (including phenoxy) is 8. The molecule has 3 saturated carbocycles. The fourth-order valence-corrected chi connectivity index (χ4v) is 14.0. The van der Waals surface area contributed by atoms with Crippen LogP contribution in [0.2, 0.25) is 0 Å². The van der Waals surface area contributed by atoms with E-state index in [0.717, 1.165) is 51.6 Å². The Balaban J connectivity index is 0.940. The molecule has 5 heterocycles. The van der Waals surface area contributed by atoms with Crippen LogP contribution in [-0.4, -0.2) is 176 Å². The Kier molecular flexibility index (Phi) is 12.9. The molecule has 9 N–H and O–H groups in total. The van der Waals surface area contributed by atoms with Gasteiger partial charge in [0, 0.05) is 12.3 Å². The molecule has 0 aromatic heterocycles. The summed E-state index contributed by atoms with van der Waals surface area (Å²) < 4.78 is 50.3. The van der Waals surface area contributed by atoms with E-state index >= 15 is 0 Å². The van der Waals surface area contributed by atoms with Crippen LogP contribution in [0.15, 0.2) is 11.6 Å². The van der Waals surface area contributed by atoms with Crippen LogP contribution in [0.25, 0.3) is 0 Å². The molecule has 62 heavy (non-hydrogen) atoms. The fraction of sp³-hybridized carbons (Fsp3) is 0.956. The van der Waals surface area contributed by atoms with Crippen molar-refractivity contribution in [2.45, 2.75) is 203 Å². The van der Waals surface area contributed by atoms with Crippen molar-refractivity contribution in [3.8, 4) is 0 Å². The summed E-state index contributed by atoms with van der Waals surface area (Å²) in [6, 6.07) is 0. The van der Waals surface area contributed by atoms with Crippen LogP contribution in [0.4, 0.5) is 0 Å². The maximum atomic E-state index is 11.6. The second-order valence-electron chi connectivity index (χ2n) is 21.1. The Morgan fingerprint density at radius 1 is 0.677 bits per heavy atom. The number of allylic oxidation sites excluding steroid dienone is 1. The zero-order valence-corrected chi connectivity index (χ0v) is 36.6. The zero-order valence-electron chi connectivity index (χ0n) is 36.6. The van der Waals surface area contributed by atoms with Gasteiger partial charge in [0.05, 0.1) is 38.1 Å². The third kappa shape index (κ3) is 7.49. The smallest absolute Gasteiger partial charge is 0.187 e. The molecule has 0 amide bonds. The van der Waals surface area contributed by atoms with Gasteiger partial charge in [-0.1, -0.05) is 39.3 Å².